The molecule has 0 amide bonds. The molecule has 1 saturated heterocycles. The topological polar surface area (TPSA) is 18.5 Å². The summed E-state index contributed by atoms with van der Waals surface area (Å²) in [7, 11) is 0. The van der Waals surface area contributed by atoms with Gasteiger partial charge in [-0.15, -0.1) is 0 Å². The van der Waals surface area contributed by atoms with Gasteiger partial charge in [0.05, 0.1) is 17.7 Å². The van der Waals surface area contributed by atoms with Gasteiger partial charge in [-0.25, -0.2) is 13.2 Å². The van der Waals surface area contributed by atoms with Crippen molar-refractivity contribution in [3.63, 3.8) is 0 Å². The van der Waals surface area contributed by atoms with Crippen molar-refractivity contribution in [1.82, 2.24) is 0 Å². The molecule has 6 heteroatoms. The minimum absolute atomic E-state index is 0.259. The number of rotatable bonds is 1. The smallest absolute Gasteiger partial charge is 0.187 e. The zero-order valence-corrected chi connectivity index (χ0v) is 8.98. The molecule has 2 rings (SSSR count). The van der Waals surface area contributed by atoms with Gasteiger partial charge in [-0.2, -0.15) is 0 Å². The van der Waals surface area contributed by atoms with Gasteiger partial charge in [0.2, 0.25) is 0 Å². The summed E-state index contributed by atoms with van der Waals surface area (Å²) in [6.45, 7) is 0.562. The van der Waals surface area contributed by atoms with Crippen molar-refractivity contribution in [1.29, 1.82) is 0 Å². The average Bonchev–Trinajstić information content (AvgIpc) is 2.73. The quantitative estimate of drug-likeness (QED) is 0.583. The lowest BCUT2D eigenvalue weighted by molar-refractivity contribution is -0.0471. The van der Waals surface area contributed by atoms with E-state index < -0.39 is 28.2 Å². The van der Waals surface area contributed by atoms with Gasteiger partial charge in [0, 0.05) is 5.56 Å². The minimum atomic E-state index is -1.27. The largest absolute Gasteiger partial charge is 0.346 e. The third-order valence-corrected chi connectivity index (χ3v) is 2.73. The monoisotopic (exact) mass is 282 g/mol. The van der Waals surface area contributed by atoms with Crippen molar-refractivity contribution in [2.75, 3.05) is 13.2 Å². The van der Waals surface area contributed by atoms with Crippen molar-refractivity contribution in [2.24, 2.45) is 0 Å². The van der Waals surface area contributed by atoms with Crippen LogP contribution in [0.3, 0.4) is 0 Å². The third kappa shape index (κ3) is 1.89. The number of hydrogen-bond acceptors (Lipinski definition) is 2. The van der Waals surface area contributed by atoms with E-state index in [1.165, 1.54) is 0 Å². The SMILES string of the molecule is Fc1cc(C2OCCO2)c(F)c(F)c1Br. The van der Waals surface area contributed by atoms with Gasteiger partial charge in [0.25, 0.3) is 0 Å². The number of hydrogen-bond donors (Lipinski definition) is 0. The molecule has 1 aromatic rings. The van der Waals surface area contributed by atoms with Gasteiger partial charge in [0.15, 0.2) is 17.9 Å². The Morgan fingerprint density at radius 3 is 2.33 bits per heavy atom. The number of halogens is 4. The van der Waals surface area contributed by atoms with Crippen LogP contribution in [0.1, 0.15) is 11.9 Å². The maximum atomic E-state index is 13.4. The molecule has 1 aromatic carbocycles. The highest BCUT2D eigenvalue weighted by Gasteiger charge is 2.26. The van der Waals surface area contributed by atoms with E-state index in [1.807, 2.05) is 0 Å². The molecule has 0 unspecified atom stereocenters. The molecule has 0 spiro atoms. The molecule has 0 aromatic heterocycles. The Hall–Kier alpha value is -0.590. The van der Waals surface area contributed by atoms with Gasteiger partial charge < -0.3 is 9.47 Å². The first-order valence-electron chi connectivity index (χ1n) is 4.17. The zero-order chi connectivity index (χ0) is 11.0. The average molecular weight is 283 g/mol. The van der Waals surface area contributed by atoms with Crippen molar-refractivity contribution in [3.05, 3.63) is 33.6 Å². The second kappa shape index (κ2) is 4.11. The standard InChI is InChI=1S/C9H6BrF3O2/c10-6-5(11)3-4(7(12)8(6)13)9-14-1-2-15-9/h3,9H,1-2H2. The Morgan fingerprint density at radius 2 is 1.73 bits per heavy atom. The molecule has 0 radical (unpaired) electrons. The molecule has 0 aliphatic carbocycles. The van der Waals surface area contributed by atoms with Crippen LogP contribution in [0.2, 0.25) is 0 Å². The van der Waals surface area contributed by atoms with Crippen LogP contribution in [0, 0.1) is 17.5 Å². The first-order chi connectivity index (χ1) is 7.11. The van der Waals surface area contributed by atoms with Crippen molar-refractivity contribution in [3.8, 4) is 0 Å². The van der Waals surface area contributed by atoms with E-state index in [9.17, 15) is 13.2 Å². The molecule has 1 fully saturated rings. The van der Waals surface area contributed by atoms with E-state index in [0.717, 1.165) is 6.07 Å². The van der Waals surface area contributed by atoms with Gasteiger partial charge in [0.1, 0.15) is 5.82 Å². The zero-order valence-electron chi connectivity index (χ0n) is 7.40. The second-order valence-corrected chi connectivity index (χ2v) is 3.76. The van der Waals surface area contributed by atoms with Gasteiger partial charge in [-0.3, -0.25) is 0 Å². The lowest BCUT2D eigenvalue weighted by Crippen LogP contribution is -2.05. The van der Waals surface area contributed by atoms with Crippen LogP contribution in [0.25, 0.3) is 0 Å². The summed E-state index contributed by atoms with van der Waals surface area (Å²) in [4.78, 5) is 0. The molecule has 1 aliphatic rings. The predicted molar refractivity (Wildman–Crippen MR) is 48.7 cm³/mol. The van der Waals surface area contributed by atoms with Crippen LogP contribution in [0.4, 0.5) is 13.2 Å². The first-order valence-corrected chi connectivity index (χ1v) is 4.96. The molecule has 0 bridgehead atoms. The van der Waals surface area contributed by atoms with E-state index in [0.29, 0.717) is 0 Å². The molecule has 0 atom stereocenters. The molecular weight excluding hydrogens is 277 g/mol. The van der Waals surface area contributed by atoms with E-state index in [-0.39, 0.29) is 18.8 Å². The highest BCUT2D eigenvalue weighted by Crippen LogP contribution is 2.31. The Bertz CT molecular complexity index is 391. The Morgan fingerprint density at radius 1 is 1.13 bits per heavy atom. The van der Waals surface area contributed by atoms with E-state index in [4.69, 9.17) is 9.47 Å². The number of ether oxygens (including phenoxy) is 2. The maximum Gasteiger partial charge on any atom is 0.187 e. The van der Waals surface area contributed by atoms with Crippen LogP contribution in [-0.4, -0.2) is 13.2 Å². The number of benzene rings is 1. The van der Waals surface area contributed by atoms with E-state index >= 15 is 0 Å². The molecule has 15 heavy (non-hydrogen) atoms. The molecule has 2 nitrogen and oxygen atoms in total. The summed E-state index contributed by atoms with van der Waals surface area (Å²) in [5.41, 5.74) is -0.259. The van der Waals surface area contributed by atoms with E-state index in [1.54, 1.807) is 0 Å². The molecule has 0 N–H and O–H groups in total. The van der Waals surface area contributed by atoms with Crippen LogP contribution < -0.4 is 0 Å². The first kappa shape index (κ1) is 10.9. The predicted octanol–water partition coefficient (Wildman–Crippen LogP) is 2.91. The lowest BCUT2D eigenvalue weighted by atomic mass is 10.2. The van der Waals surface area contributed by atoms with Gasteiger partial charge >= 0.3 is 0 Å². The highest BCUT2D eigenvalue weighted by atomic mass is 79.9. The maximum absolute atomic E-state index is 13.4. The summed E-state index contributed by atoms with van der Waals surface area (Å²) in [5.74, 6) is -3.32. The van der Waals surface area contributed by atoms with Crippen LogP contribution in [0.15, 0.2) is 10.5 Å². The van der Waals surface area contributed by atoms with Crippen LogP contribution in [-0.2, 0) is 9.47 Å². The van der Waals surface area contributed by atoms with Gasteiger partial charge in [-0.1, -0.05) is 0 Å². The Labute approximate surface area is 92.1 Å². The van der Waals surface area contributed by atoms with Gasteiger partial charge in [-0.05, 0) is 22.0 Å². The van der Waals surface area contributed by atoms with Crippen LogP contribution >= 0.6 is 15.9 Å². The summed E-state index contributed by atoms with van der Waals surface area (Å²) < 4.78 is 49.0. The molecule has 82 valence electrons. The highest BCUT2D eigenvalue weighted by molar-refractivity contribution is 9.10. The molecule has 1 heterocycles. The minimum Gasteiger partial charge on any atom is -0.346 e. The summed E-state index contributed by atoms with van der Waals surface area (Å²) in [6.07, 6.45) is -1.03. The summed E-state index contributed by atoms with van der Waals surface area (Å²) >= 11 is 2.60. The molecular formula is C9H6BrF3O2. The Kier molecular flexibility index (Phi) is 2.99. The van der Waals surface area contributed by atoms with Crippen molar-refractivity contribution in [2.45, 2.75) is 6.29 Å². The van der Waals surface area contributed by atoms with Crippen molar-refractivity contribution >= 4 is 15.9 Å². The molecule has 0 saturated carbocycles. The second-order valence-electron chi connectivity index (χ2n) is 2.96. The molecule has 1 aliphatic heterocycles. The van der Waals surface area contributed by atoms with Crippen LogP contribution in [0.5, 0.6) is 0 Å². The Balaban J connectivity index is 2.47. The third-order valence-electron chi connectivity index (χ3n) is 2.01. The normalized spacial score (nSPS) is 17.3. The fraction of sp³-hybridized carbons (Fsp3) is 0.333. The summed E-state index contributed by atoms with van der Waals surface area (Å²) in [6, 6.07) is 0.860. The fourth-order valence-electron chi connectivity index (χ4n) is 1.30. The van der Waals surface area contributed by atoms with Crippen molar-refractivity contribution < 1.29 is 22.6 Å². The fourth-order valence-corrected chi connectivity index (χ4v) is 1.59. The lowest BCUT2D eigenvalue weighted by Gasteiger charge is -2.11. The summed E-state index contributed by atoms with van der Waals surface area (Å²) in [5, 5.41) is 0. The van der Waals surface area contributed by atoms with E-state index in [2.05, 4.69) is 15.9 Å².